The molecule has 1 heterocycles. The SMILES string of the molecule is Cc1csc(CCNC(=O)c2ccc(O)cc2C)n1. The summed E-state index contributed by atoms with van der Waals surface area (Å²) in [5, 5.41) is 15.2. The zero-order chi connectivity index (χ0) is 13.8. The summed E-state index contributed by atoms with van der Waals surface area (Å²) >= 11 is 1.61. The van der Waals surface area contributed by atoms with Gasteiger partial charge in [-0.3, -0.25) is 4.79 Å². The second-order valence-corrected chi connectivity index (χ2v) is 5.33. The summed E-state index contributed by atoms with van der Waals surface area (Å²) in [6.45, 7) is 4.32. The topological polar surface area (TPSA) is 62.2 Å². The van der Waals surface area contributed by atoms with Gasteiger partial charge in [0, 0.05) is 29.6 Å². The zero-order valence-corrected chi connectivity index (χ0v) is 11.8. The predicted octanol–water partition coefficient (Wildman–Crippen LogP) is 2.44. The zero-order valence-electron chi connectivity index (χ0n) is 10.9. The van der Waals surface area contributed by atoms with E-state index in [-0.39, 0.29) is 11.7 Å². The molecule has 0 aliphatic rings. The van der Waals surface area contributed by atoms with Crippen LogP contribution in [0.15, 0.2) is 23.6 Å². The predicted molar refractivity (Wildman–Crippen MR) is 75.7 cm³/mol. The molecule has 0 bridgehead atoms. The molecular weight excluding hydrogens is 260 g/mol. The second-order valence-electron chi connectivity index (χ2n) is 4.39. The van der Waals surface area contributed by atoms with Crippen molar-refractivity contribution in [3.8, 4) is 5.75 Å². The monoisotopic (exact) mass is 276 g/mol. The molecule has 2 N–H and O–H groups in total. The first-order valence-electron chi connectivity index (χ1n) is 6.05. The Morgan fingerprint density at radius 1 is 1.42 bits per heavy atom. The molecule has 0 radical (unpaired) electrons. The van der Waals surface area contributed by atoms with Crippen LogP contribution in [0, 0.1) is 13.8 Å². The number of hydrogen-bond acceptors (Lipinski definition) is 4. The Bertz CT molecular complexity index is 593. The van der Waals surface area contributed by atoms with Gasteiger partial charge in [0.1, 0.15) is 5.75 Å². The molecule has 2 rings (SSSR count). The van der Waals surface area contributed by atoms with E-state index in [4.69, 9.17) is 0 Å². The Hall–Kier alpha value is -1.88. The van der Waals surface area contributed by atoms with E-state index in [1.54, 1.807) is 30.4 Å². The number of hydrogen-bond donors (Lipinski definition) is 2. The van der Waals surface area contributed by atoms with Crippen molar-refractivity contribution in [1.82, 2.24) is 10.3 Å². The molecule has 0 spiro atoms. The second kappa shape index (κ2) is 5.84. The van der Waals surface area contributed by atoms with Crippen LogP contribution in [0.3, 0.4) is 0 Å². The quantitative estimate of drug-likeness (QED) is 0.901. The molecule has 4 nitrogen and oxygen atoms in total. The molecule has 0 unspecified atom stereocenters. The highest BCUT2D eigenvalue weighted by Crippen LogP contribution is 2.15. The number of nitrogens with zero attached hydrogens (tertiary/aromatic N) is 1. The van der Waals surface area contributed by atoms with Crippen molar-refractivity contribution in [1.29, 1.82) is 0 Å². The standard InChI is InChI=1S/C14H16N2O2S/c1-9-7-11(17)3-4-12(9)14(18)15-6-5-13-16-10(2)8-19-13/h3-4,7-8,17H,5-6H2,1-2H3,(H,15,18). The molecule has 0 fully saturated rings. The van der Waals surface area contributed by atoms with E-state index in [9.17, 15) is 9.90 Å². The molecule has 0 saturated heterocycles. The maximum Gasteiger partial charge on any atom is 0.251 e. The fourth-order valence-electron chi connectivity index (χ4n) is 1.80. The van der Waals surface area contributed by atoms with Crippen LogP contribution in [0.2, 0.25) is 0 Å². The molecule has 19 heavy (non-hydrogen) atoms. The Balaban J connectivity index is 1.90. The lowest BCUT2D eigenvalue weighted by molar-refractivity contribution is 0.0953. The number of aromatic nitrogens is 1. The average molecular weight is 276 g/mol. The van der Waals surface area contributed by atoms with E-state index >= 15 is 0 Å². The number of rotatable bonds is 4. The molecular formula is C14H16N2O2S. The molecule has 0 saturated carbocycles. The van der Waals surface area contributed by atoms with E-state index in [0.717, 1.165) is 22.7 Å². The van der Waals surface area contributed by atoms with Crippen molar-refractivity contribution >= 4 is 17.2 Å². The van der Waals surface area contributed by atoms with Crippen molar-refractivity contribution in [2.45, 2.75) is 20.3 Å². The summed E-state index contributed by atoms with van der Waals surface area (Å²) in [6.07, 6.45) is 0.737. The first-order valence-corrected chi connectivity index (χ1v) is 6.93. The van der Waals surface area contributed by atoms with E-state index in [0.29, 0.717) is 12.1 Å². The number of aryl methyl sites for hydroxylation is 2. The van der Waals surface area contributed by atoms with Crippen molar-refractivity contribution in [3.05, 3.63) is 45.4 Å². The maximum absolute atomic E-state index is 12.0. The van der Waals surface area contributed by atoms with Crippen molar-refractivity contribution < 1.29 is 9.90 Å². The van der Waals surface area contributed by atoms with Gasteiger partial charge in [-0.2, -0.15) is 0 Å². The lowest BCUT2D eigenvalue weighted by atomic mass is 10.1. The average Bonchev–Trinajstić information content (AvgIpc) is 2.75. The number of carbonyl (C=O) groups excluding carboxylic acids is 1. The number of aromatic hydroxyl groups is 1. The number of thiazole rings is 1. The highest BCUT2D eigenvalue weighted by atomic mass is 32.1. The summed E-state index contributed by atoms with van der Waals surface area (Å²) in [5.74, 6) is 0.0538. The number of phenols is 1. The minimum atomic E-state index is -0.120. The third kappa shape index (κ3) is 3.54. The van der Waals surface area contributed by atoms with Gasteiger partial charge in [-0.1, -0.05) is 0 Å². The van der Waals surface area contributed by atoms with Crippen molar-refractivity contribution in [3.63, 3.8) is 0 Å². The molecule has 0 aliphatic heterocycles. The van der Waals surface area contributed by atoms with Gasteiger partial charge in [-0.25, -0.2) is 4.98 Å². The molecule has 100 valence electrons. The largest absolute Gasteiger partial charge is 0.508 e. The van der Waals surface area contributed by atoms with Gasteiger partial charge in [-0.15, -0.1) is 11.3 Å². The first kappa shape index (κ1) is 13.5. The van der Waals surface area contributed by atoms with Crippen LogP contribution >= 0.6 is 11.3 Å². The van der Waals surface area contributed by atoms with Crippen LogP contribution in [0.1, 0.15) is 26.6 Å². The number of nitrogens with one attached hydrogen (secondary N) is 1. The fourth-order valence-corrected chi connectivity index (χ4v) is 2.57. The Morgan fingerprint density at radius 3 is 2.84 bits per heavy atom. The summed E-state index contributed by atoms with van der Waals surface area (Å²) in [7, 11) is 0. The van der Waals surface area contributed by atoms with Crippen LogP contribution in [-0.4, -0.2) is 22.5 Å². The number of carbonyl (C=O) groups is 1. The van der Waals surface area contributed by atoms with Gasteiger partial charge in [0.2, 0.25) is 0 Å². The summed E-state index contributed by atoms with van der Waals surface area (Å²) in [4.78, 5) is 16.3. The molecule has 0 atom stereocenters. The molecule has 0 aliphatic carbocycles. The third-order valence-corrected chi connectivity index (χ3v) is 3.77. The van der Waals surface area contributed by atoms with Crippen LogP contribution in [0.4, 0.5) is 0 Å². The summed E-state index contributed by atoms with van der Waals surface area (Å²) in [5.41, 5.74) is 2.37. The first-order chi connectivity index (χ1) is 9.06. The Labute approximate surface area is 116 Å². The Kier molecular flexibility index (Phi) is 4.16. The lowest BCUT2D eigenvalue weighted by Crippen LogP contribution is -2.26. The molecule has 1 amide bonds. The third-order valence-electron chi connectivity index (χ3n) is 2.75. The minimum Gasteiger partial charge on any atom is -0.508 e. The van der Waals surface area contributed by atoms with Gasteiger partial charge in [0.15, 0.2) is 0 Å². The van der Waals surface area contributed by atoms with E-state index in [1.165, 1.54) is 6.07 Å². The van der Waals surface area contributed by atoms with Gasteiger partial charge in [0.25, 0.3) is 5.91 Å². The van der Waals surface area contributed by atoms with Crippen LogP contribution < -0.4 is 5.32 Å². The number of amides is 1. The van der Waals surface area contributed by atoms with Crippen molar-refractivity contribution in [2.75, 3.05) is 6.54 Å². The molecule has 5 heteroatoms. The smallest absolute Gasteiger partial charge is 0.251 e. The maximum atomic E-state index is 12.0. The Morgan fingerprint density at radius 2 is 2.21 bits per heavy atom. The van der Waals surface area contributed by atoms with Gasteiger partial charge in [-0.05, 0) is 37.6 Å². The van der Waals surface area contributed by atoms with Crippen LogP contribution in [0.25, 0.3) is 0 Å². The van der Waals surface area contributed by atoms with E-state index in [2.05, 4.69) is 10.3 Å². The van der Waals surface area contributed by atoms with Gasteiger partial charge >= 0.3 is 0 Å². The van der Waals surface area contributed by atoms with E-state index < -0.39 is 0 Å². The normalized spacial score (nSPS) is 10.4. The van der Waals surface area contributed by atoms with Crippen LogP contribution in [0.5, 0.6) is 5.75 Å². The van der Waals surface area contributed by atoms with E-state index in [1.807, 2.05) is 12.3 Å². The molecule has 1 aromatic carbocycles. The highest BCUT2D eigenvalue weighted by Gasteiger charge is 2.09. The number of benzene rings is 1. The van der Waals surface area contributed by atoms with Gasteiger partial charge in [0.05, 0.1) is 5.01 Å². The highest BCUT2D eigenvalue weighted by molar-refractivity contribution is 7.09. The van der Waals surface area contributed by atoms with Crippen molar-refractivity contribution in [2.24, 2.45) is 0 Å². The number of phenolic OH excluding ortho intramolecular Hbond substituents is 1. The summed E-state index contributed by atoms with van der Waals surface area (Å²) in [6, 6.07) is 4.73. The van der Waals surface area contributed by atoms with Gasteiger partial charge < -0.3 is 10.4 Å². The van der Waals surface area contributed by atoms with Crippen LogP contribution in [-0.2, 0) is 6.42 Å². The summed E-state index contributed by atoms with van der Waals surface area (Å²) < 4.78 is 0. The molecule has 1 aromatic heterocycles. The lowest BCUT2D eigenvalue weighted by Gasteiger charge is -2.07. The fraction of sp³-hybridized carbons (Fsp3) is 0.286. The minimum absolute atomic E-state index is 0.120. The molecule has 2 aromatic rings.